The van der Waals surface area contributed by atoms with E-state index < -0.39 is 35.0 Å². The van der Waals surface area contributed by atoms with Crippen molar-refractivity contribution in [1.29, 1.82) is 0 Å². The SMILES string of the molecule is N/C(=N\[N+](=O)[O-])NCCC[C@H](NC(=O)[C@@H](Cc1ccccc1)NC(=O)CCc1ccccc1)C(=O)O. The molecule has 0 spiro atoms. The number of carboxylic acid groups (broad SMARTS) is 1. The Morgan fingerprint density at radius 2 is 1.58 bits per heavy atom. The third-order valence-electron chi connectivity index (χ3n) is 5.20. The first-order valence-electron chi connectivity index (χ1n) is 11.4. The van der Waals surface area contributed by atoms with Gasteiger partial charge in [-0.25, -0.2) is 14.9 Å². The van der Waals surface area contributed by atoms with E-state index in [-0.39, 0.29) is 38.1 Å². The summed E-state index contributed by atoms with van der Waals surface area (Å²) in [6.07, 6.45) is 1.12. The molecule has 0 aliphatic heterocycles. The van der Waals surface area contributed by atoms with Crippen molar-refractivity contribution < 1.29 is 24.5 Å². The number of hydrogen-bond donors (Lipinski definition) is 5. The summed E-state index contributed by atoms with van der Waals surface area (Å²) in [4.78, 5) is 47.6. The number of carbonyl (C=O) groups excluding carboxylic acids is 2. The van der Waals surface area contributed by atoms with Crippen LogP contribution in [0.2, 0.25) is 0 Å². The third kappa shape index (κ3) is 10.6. The van der Waals surface area contributed by atoms with Gasteiger partial charge in [-0.05, 0) is 30.4 Å². The van der Waals surface area contributed by atoms with Gasteiger partial charge in [0, 0.05) is 19.4 Å². The van der Waals surface area contributed by atoms with Crippen molar-refractivity contribution in [1.82, 2.24) is 16.0 Å². The van der Waals surface area contributed by atoms with Crippen LogP contribution in [-0.2, 0) is 27.2 Å². The largest absolute Gasteiger partial charge is 0.480 e. The minimum atomic E-state index is -1.25. The molecule has 36 heavy (non-hydrogen) atoms. The van der Waals surface area contributed by atoms with Crippen molar-refractivity contribution in [3.05, 3.63) is 81.9 Å². The Labute approximate surface area is 208 Å². The van der Waals surface area contributed by atoms with Crippen LogP contribution >= 0.6 is 0 Å². The number of nitro groups is 1. The second-order valence-corrected chi connectivity index (χ2v) is 7.99. The molecule has 0 aliphatic carbocycles. The highest BCUT2D eigenvalue weighted by Gasteiger charge is 2.26. The first-order valence-corrected chi connectivity index (χ1v) is 11.4. The van der Waals surface area contributed by atoms with Gasteiger partial charge in [0.15, 0.2) is 5.03 Å². The van der Waals surface area contributed by atoms with Crippen LogP contribution in [0.4, 0.5) is 0 Å². The van der Waals surface area contributed by atoms with Crippen LogP contribution in [0.15, 0.2) is 65.8 Å². The average molecular weight is 499 g/mol. The van der Waals surface area contributed by atoms with Crippen LogP contribution in [0, 0.1) is 10.1 Å². The fraction of sp³-hybridized carbons (Fsp3) is 0.333. The Kier molecular flexibility index (Phi) is 11.3. The molecule has 0 aliphatic rings. The molecule has 12 heteroatoms. The van der Waals surface area contributed by atoms with Gasteiger partial charge >= 0.3 is 5.97 Å². The summed E-state index contributed by atoms with van der Waals surface area (Å²) in [5.41, 5.74) is 7.11. The zero-order valence-electron chi connectivity index (χ0n) is 19.6. The van der Waals surface area contributed by atoms with Crippen molar-refractivity contribution in [2.75, 3.05) is 6.54 Å². The summed E-state index contributed by atoms with van der Waals surface area (Å²) >= 11 is 0. The van der Waals surface area contributed by atoms with Gasteiger partial charge in [0.2, 0.25) is 11.8 Å². The molecular weight excluding hydrogens is 468 g/mol. The summed E-state index contributed by atoms with van der Waals surface area (Å²) < 4.78 is 0. The smallest absolute Gasteiger partial charge is 0.326 e. The molecule has 2 atom stereocenters. The van der Waals surface area contributed by atoms with E-state index in [0.29, 0.717) is 6.42 Å². The fourth-order valence-corrected chi connectivity index (χ4v) is 3.40. The van der Waals surface area contributed by atoms with E-state index in [4.69, 9.17) is 5.73 Å². The number of nitrogens with two attached hydrogens (primary N) is 1. The van der Waals surface area contributed by atoms with Crippen molar-refractivity contribution in [3.63, 3.8) is 0 Å². The number of rotatable bonds is 14. The van der Waals surface area contributed by atoms with E-state index >= 15 is 0 Å². The quantitative estimate of drug-likeness (QED) is 0.0830. The number of hydrogen-bond acceptors (Lipinski definition) is 5. The summed E-state index contributed by atoms with van der Waals surface area (Å²) in [5.74, 6) is -2.60. The molecule has 2 amide bonds. The van der Waals surface area contributed by atoms with Gasteiger partial charge in [-0.1, -0.05) is 60.7 Å². The lowest BCUT2D eigenvalue weighted by molar-refractivity contribution is -0.485. The summed E-state index contributed by atoms with van der Waals surface area (Å²) in [6.45, 7) is 0.118. The highest BCUT2D eigenvalue weighted by atomic mass is 16.7. The number of hydrazone groups is 1. The Hall–Kier alpha value is -4.48. The van der Waals surface area contributed by atoms with Gasteiger partial charge in [0.05, 0.1) is 0 Å². The fourth-order valence-electron chi connectivity index (χ4n) is 3.40. The topological polar surface area (TPSA) is 189 Å². The van der Waals surface area contributed by atoms with E-state index in [1.54, 1.807) is 0 Å². The number of guanidine groups is 1. The second kappa shape index (κ2) is 14.7. The van der Waals surface area contributed by atoms with Crippen LogP contribution in [0.3, 0.4) is 0 Å². The Balaban J connectivity index is 1.98. The predicted molar refractivity (Wildman–Crippen MR) is 132 cm³/mol. The molecule has 6 N–H and O–H groups in total. The zero-order valence-corrected chi connectivity index (χ0v) is 19.6. The molecule has 0 saturated carbocycles. The van der Waals surface area contributed by atoms with Gasteiger partial charge in [0.25, 0.3) is 5.96 Å². The van der Waals surface area contributed by atoms with E-state index in [2.05, 4.69) is 21.1 Å². The molecule has 0 aromatic heterocycles. The third-order valence-corrected chi connectivity index (χ3v) is 5.20. The van der Waals surface area contributed by atoms with Crippen LogP contribution < -0.4 is 21.7 Å². The second-order valence-electron chi connectivity index (χ2n) is 7.99. The maximum atomic E-state index is 13.0. The molecule has 2 aromatic carbocycles. The molecule has 0 unspecified atom stereocenters. The first-order chi connectivity index (χ1) is 17.2. The Bertz CT molecular complexity index is 1050. The number of nitrogens with one attached hydrogen (secondary N) is 3. The molecule has 0 radical (unpaired) electrons. The summed E-state index contributed by atoms with van der Waals surface area (Å²) in [5, 5.41) is 29.5. The monoisotopic (exact) mass is 498 g/mol. The van der Waals surface area contributed by atoms with E-state index in [1.807, 2.05) is 60.7 Å². The maximum Gasteiger partial charge on any atom is 0.326 e. The lowest BCUT2D eigenvalue weighted by Crippen LogP contribution is -2.52. The van der Waals surface area contributed by atoms with E-state index in [9.17, 15) is 29.6 Å². The number of amides is 2. The van der Waals surface area contributed by atoms with Gasteiger partial charge in [-0.15, -0.1) is 0 Å². The molecule has 12 nitrogen and oxygen atoms in total. The zero-order chi connectivity index (χ0) is 26.3. The van der Waals surface area contributed by atoms with Gasteiger partial charge in [-0.3, -0.25) is 9.59 Å². The molecule has 0 fully saturated rings. The number of benzene rings is 2. The number of carboxylic acids is 1. The number of nitrogens with zero attached hydrogens (tertiary/aromatic N) is 2. The number of aryl methyl sites for hydroxylation is 1. The highest BCUT2D eigenvalue weighted by molar-refractivity contribution is 5.90. The number of aliphatic carboxylic acids is 1. The first kappa shape index (κ1) is 27.8. The average Bonchev–Trinajstić information content (AvgIpc) is 2.84. The van der Waals surface area contributed by atoms with Crippen LogP contribution in [-0.4, -0.2) is 52.5 Å². The molecule has 2 aromatic rings. The number of carbonyl (C=O) groups is 3. The van der Waals surface area contributed by atoms with Crippen molar-refractivity contribution in [2.45, 2.75) is 44.2 Å². The minimum Gasteiger partial charge on any atom is -0.480 e. The predicted octanol–water partition coefficient (Wildman–Crippen LogP) is 0.792. The van der Waals surface area contributed by atoms with E-state index in [0.717, 1.165) is 11.1 Å². The van der Waals surface area contributed by atoms with E-state index in [1.165, 1.54) is 0 Å². The van der Waals surface area contributed by atoms with Crippen molar-refractivity contribution in [2.24, 2.45) is 10.8 Å². The lowest BCUT2D eigenvalue weighted by atomic mass is 10.0. The Morgan fingerprint density at radius 3 is 2.17 bits per heavy atom. The van der Waals surface area contributed by atoms with Crippen LogP contribution in [0.25, 0.3) is 0 Å². The van der Waals surface area contributed by atoms with Crippen LogP contribution in [0.1, 0.15) is 30.4 Å². The normalized spacial score (nSPS) is 12.7. The van der Waals surface area contributed by atoms with Crippen LogP contribution in [0.5, 0.6) is 0 Å². The van der Waals surface area contributed by atoms with Gasteiger partial charge in [-0.2, -0.15) is 0 Å². The molecular formula is C24H30N6O6. The standard InChI is InChI=1S/C24H30N6O6/c25-24(29-30(35)36)26-15-7-12-19(23(33)34)28-22(32)20(16-18-10-5-2-6-11-18)27-21(31)14-13-17-8-3-1-4-9-17/h1-6,8-11,19-20H,7,12-16H2,(H,27,31)(H,28,32)(H,33,34)(H3,25,26,29)/t19-,20+/m0/s1. The van der Waals surface area contributed by atoms with Crippen molar-refractivity contribution in [3.8, 4) is 0 Å². The molecule has 0 saturated heterocycles. The molecule has 0 bridgehead atoms. The Morgan fingerprint density at radius 1 is 0.972 bits per heavy atom. The minimum absolute atomic E-state index is 0.0276. The van der Waals surface area contributed by atoms with Gasteiger partial charge < -0.3 is 26.8 Å². The highest BCUT2D eigenvalue weighted by Crippen LogP contribution is 2.07. The van der Waals surface area contributed by atoms with Crippen molar-refractivity contribution >= 4 is 23.7 Å². The lowest BCUT2D eigenvalue weighted by Gasteiger charge is -2.22. The molecule has 192 valence electrons. The summed E-state index contributed by atoms with van der Waals surface area (Å²) in [7, 11) is 0. The summed E-state index contributed by atoms with van der Waals surface area (Å²) in [6, 6.07) is 16.3. The molecule has 0 heterocycles. The molecule has 2 rings (SSSR count). The maximum absolute atomic E-state index is 13.0. The van der Waals surface area contributed by atoms with Gasteiger partial charge in [0.1, 0.15) is 17.2 Å².